The van der Waals surface area contributed by atoms with E-state index in [1.165, 1.54) is 10.9 Å². The third-order valence-electron chi connectivity index (χ3n) is 2.03. The number of rotatable bonds is 8. The lowest BCUT2D eigenvalue weighted by Crippen LogP contribution is -2.24. The molecule has 0 radical (unpaired) electrons. The van der Waals surface area contributed by atoms with E-state index >= 15 is 0 Å². The highest BCUT2D eigenvalue weighted by Crippen LogP contribution is 1.93. The van der Waals surface area contributed by atoms with Crippen LogP contribution < -0.4 is 5.32 Å². The van der Waals surface area contributed by atoms with Gasteiger partial charge in [-0.2, -0.15) is 0 Å². The number of hydrogen-bond donors (Lipinski definition) is 2. The Morgan fingerprint density at radius 1 is 1.56 bits per heavy atom. The number of amides is 1. The predicted octanol–water partition coefficient (Wildman–Crippen LogP) is -0.594. The van der Waals surface area contributed by atoms with Gasteiger partial charge in [0.2, 0.25) is 5.91 Å². The topological polar surface area (TPSA) is 106 Å². The number of aromatic nitrogens is 3. The molecule has 18 heavy (non-hydrogen) atoms. The van der Waals surface area contributed by atoms with Gasteiger partial charge >= 0.3 is 5.97 Å². The Balaban J connectivity index is 2.28. The van der Waals surface area contributed by atoms with Crippen molar-refractivity contribution in [3.63, 3.8) is 0 Å². The highest BCUT2D eigenvalue weighted by molar-refractivity contribution is 5.75. The van der Waals surface area contributed by atoms with E-state index in [4.69, 9.17) is 9.84 Å². The molecule has 100 valence electrons. The number of ether oxygens (including phenoxy) is 1. The second-order valence-electron chi connectivity index (χ2n) is 3.52. The zero-order chi connectivity index (χ0) is 13.4. The van der Waals surface area contributed by atoms with Crippen LogP contribution in [0.4, 0.5) is 0 Å². The van der Waals surface area contributed by atoms with Gasteiger partial charge in [0.05, 0.1) is 19.3 Å². The van der Waals surface area contributed by atoms with E-state index in [9.17, 15) is 9.59 Å². The normalized spacial score (nSPS) is 10.3. The monoisotopic (exact) mass is 256 g/mol. The van der Waals surface area contributed by atoms with Crippen molar-refractivity contribution in [3.8, 4) is 0 Å². The predicted molar refractivity (Wildman–Crippen MR) is 60.6 cm³/mol. The maximum Gasteiger partial charge on any atom is 0.325 e. The lowest BCUT2D eigenvalue weighted by Gasteiger charge is -2.02. The van der Waals surface area contributed by atoms with E-state index in [2.05, 4.69) is 15.6 Å². The molecule has 1 aromatic rings. The van der Waals surface area contributed by atoms with Crippen molar-refractivity contribution in [2.24, 2.45) is 0 Å². The Morgan fingerprint density at radius 2 is 2.33 bits per heavy atom. The first-order chi connectivity index (χ1) is 8.61. The lowest BCUT2D eigenvalue weighted by atomic mass is 10.4. The number of carboxylic acids is 1. The van der Waals surface area contributed by atoms with Crippen LogP contribution >= 0.6 is 0 Å². The summed E-state index contributed by atoms with van der Waals surface area (Å²) in [7, 11) is 0. The Kier molecular flexibility index (Phi) is 5.78. The largest absolute Gasteiger partial charge is 0.480 e. The van der Waals surface area contributed by atoms with Gasteiger partial charge in [0.15, 0.2) is 0 Å². The maximum atomic E-state index is 11.3. The van der Waals surface area contributed by atoms with Gasteiger partial charge in [0.1, 0.15) is 12.2 Å². The number of hydrogen-bond acceptors (Lipinski definition) is 5. The highest BCUT2D eigenvalue weighted by Gasteiger charge is 2.06. The molecule has 8 heteroatoms. The van der Waals surface area contributed by atoms with Gasteiger partial charge in [-0.3, -0.25) is 9.59 Å². The fourth-order valence-electron chi connectivity index (χ4n) is 1.22. The molecule has 8 nitrogen and oxygen atoms in total. The molecule has 0 saturated carbocycles. The summed E-state index contributed by atoms with van der Waals surface area (Å²) in [5.74, 6) is -1.14. The fraction of sp³-hybridized carbons (Fsp3) is 0.600. The van der Waals surface area contributed by atoms with Gasteiger partial charge in [0.25, 0.3) is 0 Å². The Labute approximate surface area is 104 Å². The molecule has 1 rings (SSSR count). The molecule has 0 fully saturated rings. The molecule has 0 aliphatic heterocycles. The average Bonchev–Trinajstić information content (AvgIpc) is 2.73. The first kappa shape index (κ1) is 14.1. The van der Waals surface area contributed by atoms with Gasteiger partial charge in [-0.25, -0.2) is 4.68 Å². The summed E-state index contributed by atoms with van der Waals surface area (Å²) in [5, 5.41) is 18.5. The minimum Gasteiger partial charge on any atom is -0.480 e. The molecule has 0 bridgehead atoms. The lowest BCUT2D eigenvalue weighted by molar-refractivity contribution is -0.138. The van der Waals surface area contributed by atoms with E-state index in [0.717, 1.165) is 0 Å². The van der Waals surface area contributed by atoms with Crippen LogP contribution in [0.5, 0.6) is 0 Å². The number of carbonyl (C=O) groups excluding carboxylic acids is 1. The van der Waals surface area contributed by atoms with Crippen LogP contribution in [0.3, 0.4) is 0 Å². The summed E-state index contributed by atoms with van der Waals surface area (Å²) in [6.07, 6.45) is 1.77. The first-order valence-corrected chi connectivity index (χ1v) is 5.57. The van der Waals surface area contributed by atoms with Crippen molar-refractivity contribution in [2.45, 2.75) is 26.4 Å². The van der Waals surface area contributed by atoms with Crippen LogP contribution in [0.2, 0.25) is 0 Å². The van der Waals surface area contributed by atoms with E-state index in [-0.39, 0.29) is 25.4 Å². The summed E-state index contributed by atoms with van der Waals surface area (Å²) in [5.41, 5.74) is 0.515. The molecule has 0 aliphatic rings. The minimum absolute atomic E-state index is 0.142. The average molecular weight is 256 g/mol. The maximum absolute atomic E-state index is 11.3. The molecular formula is C10H16N4O4. The highest BCUT2D eigenvalue weighted by atomic mass is 16.5. The first-order valence-electron chi connectivity index (χ1n) is 5.57. The van der Waals surface area contributed by atoms with Crippen molar-refractivity contribution in [1.82, 2.24) is 20.3 Å². The number of nitrogens with one attached hydrogen (secondary N) is 1. The van der Waals surface area contributed by atoms with Crippen molar-refractivity contribution < 1.29 is 19.4 Å². The van der Waals surface area contributed by atoms with Gasteiger partial charge < -0.3 is 15.2 Å². The van der Waals surface area contributed by atoms with Crippen molar-refractivity contribution in [2.75, 3.05) is 13.2 Å². The zero-order valence-corrected chi connectivity index (χ0v) is 10.1. The number of carboxylic acid groups (broad SMARTS) is 1. The minimum atomic E-state index is -0.993. The van der Waals surface area contributed by atoms with E-state index < -0.39 is 5.97 Å². The van der Waals surface area contributed by atoms with Crippen LogP contribution in [-0.4, -0.2) is 45.2 Å². The van der Waals surface area contributed by atoms with Crippen LogP contribution in [-0.2, 0) is 27.4 Å². The summed E-state index contributed by atoms with van der Waals surface area (Å²) in [6, 6.07) is 0. The van der Waals surface area contributed by atoms with Crippen molar-refractivity contribution in [3.05, 3.63) is 11.9 Å². The number of aliphatic carboxylic acids is 1. The smallest absolute Gasteiger partial charge is 0.325 e. The Morgan fingerprint density at radius 3 is 3.00 bits per heavy atom. The molecule has 0 saturated heterocycles. The fourth-order valence-corrected chi connectivity index (χ4v) is 1.22. The van der Waals surface area contributed by atoms with Gasteiger partial charge in [0, 0.05) is 13.0 Å². The summed E-state index contributed by atoms with van der Waals surface area (Å²) in [4.78, 5) is 21.8. The summed E-state index contributed by atoms with van der Waals surface area (Å²) >= 11 is 0. The SMILES string of the molecule is CCOCCC(=O)NCc1cn(CC(=O)O)nn1. The molecule has 0 spiro atoms. The zero-order valence-electron chi connectivity index (χ0n) is 10.1. The van der Waals surface area contributed by atoms with Crippen LogP contribution in [0, 0.1) is 0 Å². The third-order valence-corrected chi connectivity index (χ3v) is 2.03. The second kappa shape index (κ2) is 7.38. The number of nitrogens with zero attached hydrogens (tertiary/aromatic N) is 3. The second-order valence-corrected chi connectivity index (χ2v) is 3.52. The Bertz CT molecular complexity index is 404. The van der Waals surface area contributed by atoms with Crippen LogP contribution in [0.25, 0.3) is 0 Å². The molecule has 0 aromatic carbocycles. The van der Waals surface area contributed by atoms with Gasteiger partial charge in [-0.15, -0.1) is 5.10 Å². The molecule has 2 N–H and O–H groups in total. The third kappa shape index (κ3) is 5.39. The van der Waals surface area contributed by atoms with E-state index in [0.29, 0.717) is 18.9 Å². The molecule has 1 aromatic heterocycles. The molecule has 0 unspecified atom stereocenters. The van der Waals surface area contributed by atoms with Crippen LogP contribution in [0.15, 0.2) is 6.20 Å². The standard InChI is InChI=1S/C10H16N4O4/c1-2-18-4-3-9(15)11-5-8-6-14(13-12-8)7-10(16)17/h6H,2-5,7H2,1H3,(H,11,15)(H,16,17). The summed E-state index contributed by atoms with van der Waals surface area (Å²) < 4.78 is 6.24. The Hall–Kier alpha value is -1.96. The van der Waals surface area contributed by atoms with Crippen molar-refractivity contribution in [1.29, 1.82) is 0 Å². The van der Waals surface area contributed by atoms with E-state index in [1.807, 2.05) is 6.92 Å². The van der Waals surface area contributed by atoms with E-state index in [1.54, 1.807) is 0 Å². The summed E-state index contributed by atoms with van der Waals surface area (Å²) in [6.45, 7) is 2.80. The molecule has 0 atom stereocenters. The molecule has 1 heterocycles. The molecule has 1 amide bonds. The quantitative estimate of drug-likeness (QED) is 0.602. The molecule has 0 aliphatic carbocycles. The van der Waals surface area contributed by atoms with Gasteiger partial charge in [-0.05, 0) is 6.92 Å². The molecular weight excluding hydrogens is 240 g/mol. The van der Waals surface area contributed by atoms with Crippen molar-refractivity contribution >= 4 is 11.9 Å². The van der Waals surface area contributed by atoms with Gasteiger partial charge in [-0.1, -0.05) is 5.21 Å². The number of carbonyl (C=O) groups is 2. The van der Waals surface area contributed by atoms with Crippen LogP contribution in [0.1, 0.15) is 19.0 Å².